The molecule has 1 aromatic carbocycles. The first-order valence-corrected chi connectivity index (χ1v) is 5.75. The highest BCUT2D eigenvalue weighted by Crippen LogP contribution is 2.32. The summed E-state index contributed by atoms with van der Waals surface area (Å²) < 4.78 is 51.0. The SMILES string of the molecule is NC1CCC(Nc2cc(C(F)(F)F)ccc2F)C1. The van der Waals surface area contributed by atoms with E-state index in [4.69, 9.17) is 5.73 Å². The van der Waals surface area contributed by atoms with Gasteiger partial charge in [0.2, 0.25) is 0 Å². The quantitative estimate of drug-likeness (QED) is 0.803. The van der Waals surface area contributed by atoms with Crippen molar-refractivity contribution < 1.29 is 17.6 Å². The maximum atomic E-state index is 13.4. The van der Waals surface area contributed by atoms with Gasteiger partial charge in [-0.05, 0) is 37.5 Å². The Labute approximate surface area is 102 Å². The van der Waals surface area contributed by atoms with Gasteiger partial charge < -0.3 is 11.1 Å². The third-order valence-corrected chi connectivity index (χ3v) is 3.13. The van der Waals surface area contributed by atoms with Crippen LogP contribution < -0.4 is 11.1 Å². The van der Waals surface area contributed by atoms with Gasteiger partial charge in [0.15, 0.2) is 0 Å². The fraction of sp³-hybridized carbons (Fsp3) is 0.500. The minimum atomic E-state index is -4.46. The zero-order valence-electron chi connectivity index (χ0n) is 9.60. The van der Waals surface area contributed by atoms with Crippen molar-refractivity contribution >= 4 is 5.69 Å². The first-order valence-electron chi connectivity index (χ1n) is 5.75. The molecule has 6 heteroatoms. The number of anilines is 1. The largest absolute Gasteiger partial charge is 0.416 e. The minimum absolute atomic E-state index is 0.0383. The average molecular weight is 262 g/mol. The third-order valence-electron chi connectivity index (χ3n) is 3.13. The van der Waals surface area contributed by atoms with E-state index in [2.05, 4.69) is 5.32 Å². The van der Waals surface area contributed by atoms with Crippen LogP contribution in [0.3, 0.4) is 0 Å². The van der Waals surface area contributed by atoms with Gasteiger partial charge in [-0.15, -0.1) is 0 Å². The molecule has 0 saturated heterocycles. The molecule has 0 aromatic heterocycles. The Morgan fingerprint density at radius 3 is 2.50 bits per heavy atom. The number of rotatable bonds is 2. The highest BCUT2D eigenvalue weighted by Gasteiger charge is 2.31. The van der Waals surface area contributed by atoms with Gasteiger partial charge in [0, 0.05) is 12.1 Å². The zero-order chi connectivity index (χ0) is 13.3. The second-order valence-corrected chi connectivity index (χ2v) is 4.61. The lowest BCUT2D eigenvalue weighted by atomic mass is 10.1. The Kier molecular flexibility index (Phi) is 3.47. The van der Waals surface area contributed by atoms with E-state index >= 15 is 0 Å². The van der Waals surface area contributed by atoms with Crippen molar-refractivity contribution in [2.75, 3.05) is 5.32 Å². The zero-order valence-corrected chi connectivity index (χ0v) is 9.60. The van der Waals surface area contributed by atoms with Crippen LogP contribution >= 0.6 is 0 Å². The number of hydrogen-bond acceptors (Lipinski definition) is 2. The molecule has 1 fully saturated rings. The van der Waals surface area contributed by atoms with Crippen molar-refractivity contribution in [2.45, 2.75) is 37.5 Å². The van der Waals surface area contributed by atoms with Crippen molar-refractivity contribution in [3.63, 3.8) is 0 Å². The summed E-state index contributed by atoms with van der Waals surface area (Å²) in [4.78, 5) is 0. The Balaban J connectivity index is 2.16. The minimum Gasteiger partial charge on any atom is -0.380 e. The van der Waals surface area contributed by atoms with Gasteiger partial charge in [-0.1, -0.05) is 0 Å². The van der Waals surface area contributed by atoms with Crippen molar-refractivity contribution in [3.05, 3.63) is 29.6 Å². The number of halogens is 4. The predicted octanol–water partition coefficient (Wildman–Crippen LogP) is 3.14. The molecular weight excluding hydrogens is 248 g/mol. The van der Waals surface area contributed by atoms with Crippen LogP contribution in [0.25, 0.3) is 0 Å². The highest BCUT2D eigenvalue weighted by molar-refractivity contribution is 5.49. The summed E-state index contributed by atoms with van der Waals surface area (Å²) in [6.07, 6.45) is -2.26. The first kappa shape index (κ1) is 13.1. The second kappa shape index (κ2) is 4.76. The molecule has 0 aliphatic heterocycles. The second-order valence-electron chi connectivity index (χ2n) is 4.61. The normalized spacial score (nSPS) is 24.3. The molecule has 0 bridgehead atoms. The lowest BCUT2D eigenvalue weighted by Gasteiger charge is -2.16. The van der Waals surface area contributed by atoms with Crippen LogP contribution in [-0.4, -0.2) is 12.1 Å². The smallest absolute Gasteiger partial charge is 0.380 e. The number of nitrogens with two attached hydrogens (primary N) is 1. The lowest BCUT2D eigenvalue weighted by molar-refractivity contribution is -0.137. The monoisotopic (exact) mass is 262 g/mol. The van der Waals surface area contributed by atoms with E-state index in [9.17, 15) is 17.6 Å². The van der Waals surface area contributed by atoms with Crippen LogP contribution in [-0.2, 0) is 6.18 Å². The molecular formula is C12H14F4N2. The molecule has 2 atom stereocenters. The molecule has 0 amide bonds. The van der Waals surface area contributed by atoms with E-state index in [-0.39, 0.29) is 17.8 Å². The van der Waals surface area contributed by atoms with Gasteiger partial charge in [-0.3, -0.25) is 0 Å². The summed E-state index contributed by atoms with van der Waals surface area (Å²) in [6.45, 7) is 0. The number of nitrogens with one attached hydrogen (secondary N) is 1. The summed E-state index contributed by atoms with van der Waals surface area (Å²) in [5, 5.41) is 2.80. The van der Waals surface area contributed by atoms with E-state index in [1.165, 1.54) is 0 Å². The van der Waals surface area contributed by atoms with Gasteiger partial charge in [-0.2, -0.15) is 13.2 Å². The summed E-state index contributed by atoms with van der Waals surface area (Å²) in [5.74, 6) is -0.677. The molecule has 0 radical (unpaired) electrons. The van der Waals surface area contributed by atoms with E-state index in [0.717, 1.165) is 31.0 Å². The molecule has 1 aliphatic carbocycles. The molecule has 100 valence electrons. The lowest BCUT2D eigenvalue weighted by Crippen LogP contribution is -2.21. The molecule has 0 heterocycles. The molecule has 2 unspecified atom stereocenters. The van der Waals surface area contributed by atoms with Gasteiger partial charge >= 0.3 is 6.18 Å². The van der Waals surface area contributed by atoms with Gasteiger partial charge in [0.1, 0.15) is 5.82 Å². The maximum absolute atomic E-state index is 13.4. The first-order chi connectivity index (χ1) is 8.36. The highest BCUT2D eigenvalue weighted by atomic mass is 19.4. The van der Waals surface area contributed by atoms with Crippen molar-refractivity contribution in [1.29, 1.82) is 0 Å². The van der Waals surface area contributed by atoms with E-state index in [1.54, 1.807) is 0 Å². The van der Waals surface area contributed by atoms with Gasteiger partial charge in [-0.25, -0.2) is 4.39 Å². The molecule has 2 nitrogen and oxygen atoms in total. The van der Waals surface area contributed by atoms with Crippen LogP contribution in [0.1, 0.15) is 24.8 Å². The van der Waals surface area contributed by atoms with Crippen LogP contribution in [0.2, 0.25) is 0 Å². The standard InChI is InChI=1S/C12H14F4N2/c13-10-4-1-7(12(14,15)16)5-11(10)18-9-3-2-8(17)6-9/h1,4-5,8-9,18H,2-3,6,17H2. The van der Waals surface area contributed by atoms with Crippen LogP contribution in [0.15, 0.2) is 18.2 Å². The van der Waals surface area contributed by atoms with Gasteiger partial charge in [0.25, 0.3) is 0 Å². The topological polar surface area (TPSA) is 38.0 Å². The Bertz CT molecular complexity index is 431. The van der Waals surface area contributed by atoms with Crippen LogP contribution in [0, 0.1) is 5.82 Å². The molecule has 1 aliphatic rings. The third kappa shape index (κ3) is 2.93. The van der Waals surface area contributed by atoms with Crippen molar-refractivity contribution in [1.82, 2.24) is 0 Å². The Morgan fingerprint density at radius 2 is 1.94 bits per heavy atom. The Hall–Kier alpha value is -1.30. The summed E-state index contributed by atoms with van der Waals surface area (Å²) in [6, 6.07) is 2.36. The molecule has 3 N–H and O–H groups in total. The fourth-order valence-corrected chi connectivity index (χ4v) is 2.18. The summed E-state index contributed by atoms with van der Waals surface area (Å²) in [7, 11) is 0. The number of hydrogen-bond donors (Lipinski definition) is 2. The molecule has 1 aromatic rings. The van der Waals surface area contributed by atoms with Crippen LogP contribution in [0.4, 0.5) is 23.2 Å². The molecule has 2 rings (SSSR count). The molecule has 18 heavy (non-hydrogen) atoms. The number of benzene rings is 1. The summed E-state index contributed by atoms with van der Waals surface area (Å²) in [5.41, 5.74) is 4.74. The summed E-state index contributed by atoms with van der Waals surface area (Å²) >= 11 is 0. The molecule has 0 spiro atoms. The van der Waals surface area contributed by atoms with Crippen molar-refractivity contribution in [2.24, 2.45) is 5.73 Å². The van der Waals surface area contributed by atoms with E-state index in [1.807, 2.05) is 0 Å². The predicted molar refractivity (Wildman–Crippen MR) is 60.6 cm³/mol. The average Bonchev–Trinajstić information content (AvgIpc) is 2.66. The van der Waals surface area contributed by atoms with E-state index < -0.39 is 17.6 Å². The van der Waals surface area contributed by atoms with E-state index in [0.29, 0.717) is 6.42 Å². The van der Waals surface area contributed by atoms with Crippen LogP contribution in [0.5, 0.6) is 0 Å². The van der Waals surface area contributed by atoms with Crippen molar-refractivity contribution in [3.8, 4) is 0 Å². The van der Waals surface area contributed by atoms with Gasteiger partial charge in [0.05, 0.1) is 11.3 Å². The fourth-order valence-electron chi connectivity index (χ4n) is 2.18. The Morgan fingerprint density at radius 1 is 1.22 bits per heavy atom. The number of alkyl halides is 3. The maximum Gasteiger partial charge on any atom is 0.416 e. The molecule has 1 saturated carbocycles.